The molecular weight excluding hydrogens is 1020 g/mol. The topological polar surface area (TPSA) is 252 Å². The van der Waals surface area contributed by atoms with Crippen molar-refractivity contribution in [2.24, 2.45) is 11.1 Å². The van der Waals surface area contributed by atoms with Gasteiger partial charge in [-0.2, -0.15) is 0 Å². The predicted molar refractivity (Wildman–Crippen MR) is 294 cm³/mol. The number of benzene rings is 3. The van der Waals surface area contributed by atoms with Gasteiger partial charge < -0.3 is 46.5 Å². The summed E-state index contributed by atoms with van der Waals surface area (Å²) >= 11 is 1.56. The van der Waals surface area contributed by atoms with Gasteiger partial charge in [0.1, 0.15) is 47.9 Å². The van der Waals surface area contributed by atoms with Gasteiger partial charge in [-0.15, -0.1) is 11.3 Å². The molecule has 7 amide bonds. The highest BCUT2D eigenvalue weighted by Gasteiger charge is 2.46. The van der Waals surface area contributed by atoms with Crippen LogP contribution < -0.4 is 36.6 Å². The lowest BCUT2D eigenvalue weighted by Gasteiger charge is -2.35. The summed E-state index contributed by atoms with van der Waals surface area (Å²) in [7, 11) is 0. The SMILES string of the molecule is Cc1ncsc1-c1ccc([C@H](C)NC(=O)[C@@H]2C[C@@H](O)CN2C(=O)[C@@H](NC(=O)CCCCCc2cc(F)cc(OC[C@H](CCC(N)=O)NC(=O)[C@@H]3Cc4cccc5c4N3C(=O)[C@@H](NC(=O)OC(C)(C)C)CC5)c2)C(C)(C)C)cc1. The molecule has 4 aromatic rings. The van der Waals surface area contributed by atoms with Crippen LogP contribution >= 0.6 is 11.3 Å². The second kappa shape index (κ2) is 25.2. The lowest BCUT2D eigenvalue weighted by molar-refractivity contribution is -0.144. The lowest BCUT2D eigenvalue weighted by Crippen LogP contribution is -2.57. The van der Waals surface area contributed by atoms with E-state index in [4.69, 9.17) is 15.2 Å². The Morgan fingerprint density at radius 3 is 2.31 bits per heavy atom. The maximum atomic E-state index is 15.1. The van der Waals surface area contributed by atoms with Crippen LogP contribution in [0.3, 0.4) is 0 Å². The van der Waals surface area contributed by atoms with Crippen molar-refractivity contribution in [3.63, 3.8) is 0 Å². The number of nitrogens with one attached hydrogen (secondary N) is 4. The first-order chi connectivity index (χ1) is 36.8. The smallest absolute Gasteiger partial charge is 0.408 e. The van der Waals surface area contributed by atoms with E-state index in [-0.39, 0.29) is 63.0 Å². The van der Waals surface area contributed by atoms with Gasteiger partial charge in [-0.05, 0) is 119 Å². The van der Waals surface area contributed by atoms with Gasteiger partial charge in [-0.25, -0.2) is 14.2 Å². The number of halogens is 1. The number of para-hydroxylation sites is 1. The highest BCUT2D eigenvalue weighted by Crippen LogP contribution is 2.39. The third kappa shape index (κ3) is 15.2. The Bertz CT molecular complexity index is 2850. The van der Waals surface area contributed by atoms with Crippen molar-refractivity contribution >= 4 is 58.6 Å². The molecule has 18 nitrogen and oxygen atoms in total. The number of thiazole rings is 1. The summed E-state index contributed by atoms with van der Waals surface area (Å²) in [4.78, 5) is 103. The van der Waals surface area contributed by atoms with Crippen molar-refractivity contribution in [3.05, 3.63) is 99.9 Å². The van der Waals surface area contributed by atoms with Gasteiger partial charge in [0.2, 0.25) is 35.4 Å². The summed E-state index contributed by atoms with van der Waals surface area (Å²) in [6, 6.07) is 12.8. The number of hydrogen-bond acceptors (Lipinski definition) is 12. The zero-order chi connectivity index (χ0) is 56.6. The van der Waals surface area contributed by atoms with Crippen molar-refractivity contribution in [1.29, 1.82) is 0 Å². The summed E-state index contributed by atoms with van der Waals surface area (Å²) in [5.74, 6) is -3.07. The number of nitrogens with zero attached hydrogens (tertiary/aromatic N) is 3. The van der Waals surface area contributed by atoms with Crippen molar-refractivity contribution < 1.29 is 52.5 Å². The Morgan fingerprint density at radius 2 is 1.63 bits per heavy atom. The number of hydrogen-bond donors (Lipinski definition) is 6. The van der Waals surface area contributed by atoms with E-state index in [1.807, 2.05) is 77.1 Å². The summed E-state index contributed by atoms with van der Waals surface area (Å²) in [6.45, 7) is 14.3. The summed E-state index contributed by atoms with van der Waals surface area (Å²) in [6.07, 6.45) is 1.67. The van der Waals surface area contributed by atoms with E-state index in [1.54, 1.807) is 43.7 Å². The molecule has 20 heteroatoms. The number of nitrogens with two attached hydrogens (primary N) is 1. The fourth-order valence-corrected chi connectivity index (χ4v) is 11.1. The van der Waals surface area contributed by atoms with Gasteiger partial charge in [0.15, 0.2) is 0 Å². The number of anilines is 1. The molecule has 7 N–H and O–H groups in total. The summed E-state index contributed by atoms with van der Waals surface area (Å²) < 4.78 is 26.6. The van der Waals surface area contributed by atoms with E-state index in [0.29, 0.717) is 49.8 Å². The number of likely N-dealkylation sites (tertiary alicyclic amines) is 1. The number of carbonyl (C=O) groups is 7. The maximum absolute atomic E-state index is 15.1. The van der Waals surface area contributed by atoms with Crippen molar-refractivity contribution in [2.45, 2.75) is 174 Å². The van der Waals surface area contributed by atoms with Crippen LogP contribution in [0.4, 0.5) is 14.9 Å². The molecule has 3 aliphatic heterocycles. The molecule has 0 radical (unpaired) electrons. The van der Waals surface area contributed by atoms with E-state index in [1.165, 1.54) is 21.9 Å². The number of primary amides is 1. The van der Waals surface area contributed by atoms with Crippen LogP contribution in [0.25, 0.3) is 10.4 Å². The average molecular weight is 1100 g/mol. The number of ether oxygens (including phenoxy) is 2. The Labute approximate surface area is 459 Å². The first-order valence-corrected chi connectivity index (χ1v) is 27.8. The number of unbranched alkanes of at least 4 members (excludes halogenated alkanes) is 2. The van der Waals surface area contributed by atoms with Crippen LogP contribution in [0.15, 0.2) is 66.2 Å². The first-order valence-electron chi connectivity index (χ1n) is 26.9. The second-order valence-corrected chi connectivity index (χ2v) is 23.7. The standard InChI is InChI=1S/C58H75FN8O10S/c1-33(36-17-19-38(20-18-36)50-34(2)61-32-78-50)62-52(71)45-29-42(68)30-66(45)55(74)51(57(3,4)5)65-48(70)16-11-9-10-13-35-25-40(59)28-43(26-35)76-31-41(22-24-47(60)69)63-53(72)46-27-39-15-12-14-37-21-23-44(54(73)67(46)49(37)39)64-56(75)77-58(6,7)8/h12,14-15,17-20,25-26,28,32-33,41-42,44-46,51,68H,9-11,13,16,21-24,27,29-31H2,1-8H3,(H2,60,69)(H,62,71)(H,63,72)(H,64,75)(H,65,70)/t33-,41-,42+,44-,45-,46-,51+/m0/s1. The van der Waals surface area contributed by atoms with E-state index < -0.39 is 88.8 Å². The van der Waals surface area contributed by atoms with E-state index >= 15 is 4.39 Å². The zero-order valence-corrected chi connectivity index (χ0v) is 46.7. The molecule has 4 heterocycles. The van der Waals surface area contributed by atoms with Crippen LogP contribution in [-0.2, 0) is 52.8 Å². The Hall–Kier alpha value is -6.93. The minimum Gasteiger partial charge on any atom is -0.491 e. The van der Waals surface area contributed by atoms with E-state index in [9.17, 15) is 38.7 Å². The highest BCUT2D eigenvalue weighted by molar-refractivity contribution is 7.13. The molecule has 3 aromatic carbocycles. The minimum absolute atomic E-state index is 0.0474. The summed E-state index contributed by atoms with van der Waals surface area (Å²) in [5, 5.41) is 22.3. The molecule has 7 rings (SSSR count). The van der Waals surface area contributed by atoms with E-state index in [0.717, 1.165) is 32.8 Å². The molecule has 1 saturated heterocycles. The van der Waals surface area contributed by atoms with Crippen molar-refractivity contribution in [1.82, 2.24) is 31.2 Å². The molecule has 0 bridgehead atoms. The van der Waals surface area contributed by atoms with Gasteiger partial charge in [-0.1, -0.05) is 69.7 Å². The average Bonchev–Trinajstić information content (AvgIpc) is 4.29. The number of carbonyl (C=O) groups excluding carboxylic acids is 7. The highest BCUT2D eigenvalue weighted by atomic mass is 32.1. The first kappa shape index (κ1) is 58.7. The van der Waals surface area contributed by atoms with Crippen LogP contribution in [0, 0.1) is 18.2 Å². The minimum atomic E-state index is -0.978. The Balaban J connectivity index is 0.900. The van der Waals surface area contributed by atoms with E-state index in [2.05, 4.69) is 26.3 Å². The number of β-amino-alcohol motifs (C(OH)–C–C–N with tert-alkyl or cyclic N) is 1. The molecule has 0 spiro atoms. The third-order valence-electron chi connectivity index (χ3n) is 14.3. The zero-order valence-electron chi connectivity index (χ0n) is 45.9. The van der Waals surface area contributed by atoms with Crippen molar-refractivity contribution in [2.75, 3.05) is 18.1 Å². The molecule has 0 saturated carbocycles. The number of aryl methyl sites for hydroxylation is 3. The molecule has 420 valence electrons. The number of aromatic nitrogens is 1. The largest absolute Gasteiger partial charge is 0.491 e. The van der Waals surface area contributed by atoms with Gasteiger partial charge in [-0.3, -0.25) is 33.7 Å². The normalized spacial score (nSPS) is 19.2. The molecule has 3 aliphatic rings. The predicted octanol–water partition coefficient (Wildman–Crippen LogP) is 6.66. The molecule has 7 atom stereocenters. The quantitative estimate of drug-likeness (QED) is 0.0482. The number of alkyl carbamates (subject to hydrolysis) is 1. The Kier molecular flexibility index (Phi) is 19.0. The van der Waals surface area contributed by atoms with Gasteiger partial charge >= 0.3 is 6.09 Å². The molecule has 0 unspecified atom stereocenters. The fraction of sp³-hybridized carbons (Fsp3) is 0.517. The van der Waals surface area contributed by atoms with Crippen LogP contribution in [-0.4, -0.2) is 112 Å². The maximum Gasteiger partial charge on any atom is 0.408 e. The number of aliphatic hydroxyl groups excluding tert-OH is 1. The number of aliphatic hydroxyl groups is 1. The number of rotatable bonds is 21. The molecule has 78 heavy (non-hydrogen) atoms. The number of amides is 7. The molecule has 0 aliphatic carbocycles. The van der Waals surface area contributed by atoms with Gasteiger partial charge in [0.05, 0.1) is 40.0 Å². The molecule has 1 aromatic heterocycles. The molecular formula is C58H75FN8O10S. The third-order valence-corrected chi connectivity index (χ3v) is 15.3. The van der Waals surface area contributed by atoms with Crippen LogP contribution in [0.5, 0.6) is 5.75 Å². The lowest BCUT2D eigenvalue weighted by atomic mass is 9.85. The van der Waals surface area contributed by atoms with Crippen LogP contribution in [0.1, 0.15) is 134 Å². The Morgan fingerprint density at radius 1 is 0.910 bits per heavy atom. The fourth-order valence-electron chi connectivity index (χ4n) is 10.3. The second-order valence-electron chi connectivity index (χ2n) is 22.8. The van der Waals surface area contributed by atoms with Gasteiger partial charge in [0.25, 0.3) is 0 Å². The van der Waals surface area contributed by atoms with Crippen molar-refractivity contribution in [3.8, 4) is 16.2 Å². The summed E-state index contributed by atoms with van der Waals surface area (Å²) in [5.41, 5.74) is 11.6. The van der Waals surface area contributed by atoms with Gasteiger partial charge in [0, 0.05) is 38.3 Å². The monoisotopic (exact) mass is 1090 g/mol. The van der Waals surface area contributed by atoms with Crippen LogP contribution in [0.2, 0.25) is 0 Å². The molecule has 1 fully saturated rings.